The summed E-state index contributed by atoms with van der Waals surface area (Å²) in [6.07, 6.45) is 8.70. The zero-order valence-electron chi connectivity index (χ0n) is 9.45. The van der Waals surface area contributed by atoms with Gasteiger partial charge in [0.15, 0.2) is 0 Å². The van der Waals surface area contributed by atoms with Crippen molar-refractivity contribution in [3.63, 3.8) is 0 Å². The maximum Gasteiger partial charge on any atom is 0.330 e. The smallest absolute Gasteiger partial charge is 0.330 e. The molecule has 82 valence electrons. The summed E-state index contributed by atoms with van der Waals surface area (Å²) in [6, 6.07) is 0. The number of carbonyl (C=O) groups excluding carboxylic acids is 1. The van der Waals surface area contributed by atoms with Crippen molar-refractivity contribution in [1.82, 2.24) is 0 Å². The lowest BCUT2D eigenvalue weighted by molar-refractivity contribution is -0.134. The molecule has 1 aliphatic carbocycles. The van der Waals surface area contributed by atoms with Crippen LogP contribution in [0.3, 0.4) is 0 Å². The van der Waals surface area contributed by atoms with Gasteiger partial charge in [0.2, 0.25) is 0 Å². The average molecular weight is 206 g/mol. The van der Waals surface area contributed by atoms with Gasteiger partial charge in [-0.05, 0) is 32.1 Å². The van der Waals surface area contributed by atoms with E-state index in [4.69, 9.17) is 0 Å². The molecule has 15 heavy (non-hydrogen) atoms. The lowest BCUT2D eigenvalue weighted by atomic mass is 9.85. The van der Waals surface area contributed by atoms with Gasteiger partial charge in [-0.15, -0.1) is 0 Å². The molecule has 1 rings (SSSR count). The van der Waals surface area contributed by atoms with Gasteiger partial charge in [-0.2, -0.15) is 0 Å². The van der Waals surface area contributed by atoms with Gasteiger partial charge >= 0.3 is 5.97 Å². The summed E-state index contributed by atoms with van der Waals surface area (Å²) in [7, 11) is 1.39. The molecule has 0 aromatic heterocycles. The van der Waals surface area contributed by atoms with E-state index in [-0.39, 0.29) is 5.97 Å². The second kappa shape index (κ2) is 5.54. The molecule has 1 atom stereocenters. The van der Waals surface area contributed by atoms with Crippen LogP contribution in [0.5, 0.6) is 0 Å². The maximum atomic E-state index is 10.9. The molecule has 1 unspecified atom stereocenters. The first-order valence-corrected chi connectivity index (χ1v) is 5.24. The van der Waals surface area contributed by atoms with Gasteiger partial charge in [-0.25, -0.2) is 4.79 Å². The monoisotopic (exact) mass is 206 g/mol. The molecule has 0 spiro atoms. The van der Waals surface area contributed by atoms with Crippen molar-refractivity contribution in [2.45, 2.75) is 26.2 Å². The highest BCUT2D eigenvalue weighted by atomic mass is 16.5. The topological polar surface area (TPSA) is 26.3 Å². The Hall–Kier alpha value is -1.31. The molecule has 0 aromatic carbocycles. The number of ether oxygens (including phenoxy) is 1. The zero-order chi connectivity index (χ0) is 11.3. The first kappa shape index (κ1) is 11.8. The first-order chi connectivity index (χ1) is 7.13. The van der Waals surface area contributed by atoms with E-state index in [0.717, 1.165) is 19.3 Å². The van der Waals surface area contributed by atoms with Gasteiger partial charge in [-0.1, -0.05) is 29.9 Å². The molecule has 0 radical (unpaired) electrons. The fraction of sp³-hybridized carbons (Fsp3) is 0.462. The molecule has 0 bridgehead atoms. The third kappa shape index (κ3) is 3.74. The van der Waals surface area contributed by atoms with Crippen LogP contribution in [0.15, 0.2) is 36.0 Å². The van der Waals surface area contributed by atoms with Crippen molar-refractivity contribution < 1.29 is 9.53 Å². The highest BCUT2D eigenvalue weighted by molar-refractivity contribution is 5.82. The molecule has 2 heteroatoms. The van der Waals surface area contributed by atoms with Crippen LogP contribution in [0.4, 0.5) is 0 Å². The highest BCUT2D eigenvalue weighted by Gasteiger charge is 2.13. The minimum atomic E-state index is -0.294. The Morgan fingerprint density at radius 1 is 1.67 bits per heavy atom. The third-order valence-electron chi connectivity index (χ3n) is 2.78. The molecule has 0 heterocycles. The molecule has 2 nitrogen and oxygen atoms in total. The molecule has 0 aromatic rings. The standard InChI is InChI=1S/C13H18O2/c1-10(2)12-7-4-11(5-8-12)6-9-13(14)15-3/h4,6,9,12H,1,5,7-8H2,2-3H3/b9-6+. The SMILES string of the molecule is C=C(C)C1CC=C(/C=C/C(=O)OC)CC1. The van der Waals surface area contributed by atoms with Crippen LogP contribution in [0, 0.1) is 5.92 Å². The summed E-state index contributed by atoms with van der Waals surface area (Å²) in [6.45, 7) is 6.05. The maximum absolute atomic E-state index is 10.9. The van der Waals surface area contributed by atoms with Gasteiger partial charge in [-0.3, -0.25) is 0 Å². The Labute approximate surface area is 91.3 Å². The lowest BCUT2D eigenvalue weighted by Crippen LogP contribution is -2.05. The van der Waals surface area contributed by atoms with E-state index in [1.807, 2.05) is 6.08 Å². The van der Waals surface area contributed by atoms with Crippen molar-refractivity contribution in [2.24, 2.45) is 5.92 Å². The Kier molecular flexibility index (Phi) is 4.35. The second-order valence-corrected chi connectivity index (χ2v) is 3.95. The minimum absolute atomic E-state index is 0.294. The van der Waals surface area contributed by atoms with E-state index in [0.29, 0.717) is 5.92 Å². The van der Waals surface area contributed by atoms with Crippen LogP contribution in [-0.4, -0.2) is 13.1 Å². The number of rotatable bonds is 3. The molecule has 1 aliphatic rings. The van der Waals surface area contributed by atoms with Crippen molar-refractivity contribution in [2.75, 3.05) is 7.11 Å². The van der Waals surface area contributed by atoms with Gasteiger partial charge in [0.25, 0.3) is 0 Å². The molecule has 0 saturated carbocycles. The van der Waals surface area contributed by atoms with Crippen LogP contribution in [0.25, 0.3) is 0 Å². The van der Waals surface area contributed by atoms with E-state index >= 15 is 0 Å². The van der Waals surface area contributed by atoms with Crippen LogP contribution in [0.1, 0.15) is 26.2 Å². The molecular weight excluding hydrogens is 188 g/mol. The number of carbonyl (C=O) groups is 1. The summed E-state index contributed by atoms with van der Waals surface area (Å²) in [4.78, 5) is 10.9. The van der Waals surface area contributed by atoms with Crippen LogP contribution < -0.4 is 0 Å². The van der Waals surface area contributed by atoms with Crippen LogP contribution in [0.2, 0.25) is 0 Å². The molecule has 0 amide bonds. The van der Waals surface area contributed by atoms with E-state index < -0.39 is 0 Å². The van der Waals surface area contributed by atoms with Crippen molar-refractivity contribution >= 4 is 5.97 Å². The first-order valence-electron chi connectivity index (χ1n) is 5.24. The number of allylic oxidation sites excluding steroid dienone is 4. The summed E-state index contributed by atoms with van der Waals surface area (Å²) >= 11 is 0. The van der Waals surface area contributed by atoms with Crippen molar-refractivity contribution in [3.8, 4) is 0 Å². The molecule has 0 N–H and O–H groups in total. The van der Waals surface area contributed by atoms with Crippen molar-refractivity contribution in [1.29, 1.82) is 0 Å². The summed E-state index contributed by atoms with van der Waals surface area (Å²) in [5.74, 6) is 0.318. The predicted octanol–water partition coefficient (Wildman–Crippen LogP) is 3.02. The van der Waals surface area contributed by atoms with E-state index in [9.17, 15) is 4.79 Å². The number of esters is 1. The number of hydrogen-bond acceptors (Lipinski definition) is 2. The Morgan fingerprint density at radius 3 is 2.87 bits per heavy atom. The Bertz CT molecular complexity index is 310. The Balaban J connectivity index is 2.50. The van der Waals surface area contributed by atoms with Gasteiger partial charge in [0.1, 0.15) is 0 Å². The van der Waals surface area contributed by atoms with Crippen molar-refractivity contribution in [3.05, 3.63) is 36.0 Å². The van der Waals surface area contributed by atoms with Gasteiger partial charge < -0.3 is 4.74 Å². The van der Waals surface area contributed by atoms with Gasteiger partial charge in [0.05, 0.1) is 7.11 Å². The highest BCUT2D eigenvalue weighted by Crippen LogP contribution is 2.28. The normalized spacial score (nSPS) is 21.2. The Morgan fingerprint density at radius 2 is 2.40 bits per heavy atom. The summed E-state index contributed by atoms with van der Waals surface area (Å²) in [5.41, 5.74) is 2.47. The average Bonchev–Trinajstić information content (AvgIpc) is 2.26. The number of methoxy groups -OCH3 is 1. The molecule has 0 saturated heterocycles. The van der Waals surface area contributed by atoms with Gasteiger partial charge in [0, 0.05) is 6.08 Å². The molecule has 0 aliphatic heterocycles. The second-order valence-electron chi connectivity index (χ2n) is 3.95. The van der Waals surface area contributed by atoms with E-state index in [2.05, 4.69) is 24.3 Å². The molecule has 0 fully saturated rings. The van der Waals surface area contributed by atoms with E-state index in [1.54, 1.807) is 0 Å². The number of hydrogen-bond donors (Lipinski definition) is 0. The largest absolute Gasteiger partial charge is 0.466 e. The quantitative estimate of drug-likeness (QED) is 0.403. The third-order valence-corrected chi connectivity index (χ3v) is 2.78. The fourth-order valence-corrected chi connectivity index (χ4v) is 1.70. The summed E-state index contributed by atoms with van der Waals surface area (Å²) < 4.78 is 4.53. The fourth-order valence-electron chi connectivity index (χ4n) is 1.70. The summed E-state index contributed by atoms with van der Waals surface area (Å²) in [5, 5.41) is 0. The molecular formula is C13H18O2. The minimum Gasteiger partial charge on any atom is -0.466 e. The zero-order valence-corrected chi connectivity index (χ0v) is 9.45. The lowest BCUT2D eigenvalue weighted by Gasteiger charge is -2.20. The van der Waals surface area contributed by atoms with E-state index in [1.165, 1.54) is 24.3 Å². The van der Waals surface area contributed by atoms with Crippen LogP contribution in [-0.2, 0) is 9.53 Å². The van der Waals surface area contributed by atoms with Crippen LogP contribution >= 0.6 is 0 Å². The predicted molar refractivity (Wildman–Crippen MR) is 61.4 cm³/mol.